The van der Waals surface area contributed by atoms with Crippen LogP contribution in [0.3, 0.4) is 0 Å². The number of anilines is 1. The van der Waals surface area contributed by atoms with Gasteiger partial charge in [-0.25, -0.2) is 0 Å². The molecule has 18 heavy (non-hydrogen) atoms. The first-order valence-electron chi connectivity index (χ1n) is 6.71. The van der Waals surface area contributed by atoms with Gasteiger partial charge in [-0.2, -0.15) is 0 Å². The van der Waals surface area contributed by atoms with Gasteiger partial charge in [-0.05, 0) is 50.4 Å². The van der Waals surface area contributed by atoms with E-state index in [-0.39, 0.29) is 5.75 Å². The first-order chi connectivity index (χ1) is 8.72. The number of fused-ring (bicyclic) bond motifs is 1. The van der Waals surface area contributed by atoms with Crippen LogP contribution in [0, 0.1) is 0 Å². The third-order valence-electron chi connectivity index (χ3n) is 4.14. The van der Waals surface area contributed by atoms with Gasteiger partial charge in [0.05, 0.1) is 5.02 Å². The molecule has 3 nitrogen and oxygen atoms in total. The van der Waals surface area contributed by atoms with Crippen LogP contribution < -0.4 is 5.32 Å². The number of nitrogens with zero attached hydrogens (tertiary/aromatic N) is 1. The molecular weight excluding hydrogens is 248 g/mol. The van der Waals surface area contributed by atoms with Gasteiger partial charge >= 0.3 is 0 Å². The fourth-order valence-electron chi connectivity index (χ4n) is 3.19. The van der Waals surface area contributed by atoms with Crippen LogP contribution in [0.5, 0.6) is 5.75 Å². The summed E-state index contributed by atoms with van der Waals surface area (Å²) in [6.07, 6.45) is 5.10. The molecule has 2 fully saturated rings. The van der Waals surface area contributed by atoms with E-state index in [1.807, 2.05) is 6.07 Å². The lowest BCUT2D eigenvalue weighted by atomic mass is 9.97. The summed E-state index contributed by atoms with van der Waals surface area (Å²) >= 11 is 5.92. The van der Waals surface area contributed by atoms with E-state index in [4.69, 9.17) is 11.6 Å². The fourth-order valence-corrected chi connectivity index (χ4v) is 3.37. The Morgan fingerprint density at radius 1 is 1.28 bits per heavy atom. The summed E-state index contributed by atoms with van der Waals surface area (Å²) in [4.78, 5) is 2.61. The normalized spacial score (nSPS) is 28.1. The lowest BCUT2D eigenvalue weighted by molar-refractivity contribution is 0.188. The molecule has 0 spiro atoms. The molecule has 2 saturated heterocycles. The van der Waals surface area contributed by atoms with Gasteiger partial charge in [-0.3, -0.25) is 0 Å². The molecule has 1 aromatic carbocycles. The Morgan fingerprint density at radius 2 is 2.17 bits per heavy atom. The summed E-state index contributed by atoms with van der Waals surface area (Å²) in [5, 5.41) is 13.4. The van der Waals surface area contributed by atoms with Crippen molar-refractivity contribution in [2.75, 3.05) is 18.4 Å². The average molecular weight is 267 g/mol. The largest absolute Gasteiger partial charge is 0.506 e. The van der Waals surface area contributed by atoms with E-state index in [0.717, 1.165) is 11.7 Å². The number of phenols is 1. The number of benzene rings is 1. The third kappa shape index (κ3) is 2.43. The van der Waals surface area contributed by atoms with Crippen LogP contribution in [-0.4, -0.2) is 35.2 Å². The zero-order chi connectivity index (χ0) is 12.5. The quantitative estimate of drug-likeness (QED) is 0.808. The topological polar surface area (TPSA) is 35.5 Å². The van der Waals surface area contributed by atoms with Gasteiger partial charge in [-0.1, -0.05) is 11.6 Å². The molecule has 2 aliphatic rings. The van der Waals surface area contributed by atoms with Gasteiger partial charge in [0.2, 0.25) is 0 Å². The van der Waals surface area contributed by atoms with Crippen molar-refractivity contribution in [2.45, 2.75) is 37.8 Å². The summed E-state index contributed by atoms with van der Waals surface area (Å²) in [5.41, 5.74) is 1.01. The molecule has 0 saturated carbocycles. The van der Waals surface area contributed by atoms with E-state index in [0.29, 0.717) is 11.1 Å². The SMILES string of the molecule is Oc1ccc(NC2CCN3CCCC3C2)cc1Cl. The maximum absolute atomic E-state index is 9.41. The van der Waals surface area contributed by atoms with Crippen LogP contribution in [0.2, 0.25) is 5.02 Å². The zero-order valence-electron chi connectivity index (χ0n) is 10.4. The highest BCUT2D eigenvalue weighted by Gasteiger charge is 2.31. The molecule has 3 rings (SSSR count). The number of hydrogen-bond donors (Lipinski definition) is 2. The molecule has 0 radical (unpaired) electrons. The first-order valence-corrected chi connectivity index (χ1v) is 7.09. The Hall–Kier alpha value is -0.930. The van der Waals surface area contributed by atoms with Crippen molar-refractivity contribution in [1.29, 1.82) is 0 Å². The summed E-state index contributed by atoms with van der Waals surface area (Å²) in [6.45, 7) is 2.48. The summed E-state index contributed by atoms with van der Waals surface area (Å²) < 4.78 is 0. The molecule has 2 atom stereocenters. The van der Waals surface area contributed by atoms with Crippen LogP contribution in [-0.2, 0) is 0 Å². The van der Waals surface area contributed by atoms with Crippen LogP contribution in [0.1, 0.15) is 25.7 Å². The molecule has 2 unspecified atom stereocenters. The molecule has 0 amide bonds. The van der Waals surface area contributed by atoms with Gasteiger partial charge in [0.25, 0.3) is 0 Å². The van der Waals surface area contributed by atoms with Crippen molar-refractivity contribution in [3.05, 3.63) is 23.2 Å². The minimum atomic E-state index is 0.146. The van der Waals surface area contributed by atoms with E-state index >= 15 is 0 Å². The van der Waals surface area contributed by atoms with Crippen molar-refractivity contribution < 1.29 is 5.11 Å². The Bertz CT molecular complexity index is 438. The maximum atomic E-state index is 9.41. The van der Waals surface area contributed by atoms with E-state index in [2.05, 4.69) is 10.2 Å². The lowest BCUT2D eigenvalue weighted by Crippen LogP contribution is -2.42. The molecule has 0 bridgehead atoms. The highest BCUT2D eigenvalue weighted by atomic mass is 35.5. The molecular formula is C14H19ClN2O. The predicted octanol–water partition coefficient (Wildman–Crippen LogP) is 3.08. The molecule has 0 aromatic heterocycles. The maximum Gasteiger partial charge on any atom is 0.134 e. The van der Waals surface area contributed by atoms with Gasteiger partial charge in [0, 0.05) is 24.3 Å². The van der Waals surface area contributed by atoms with Crippen LogP contribution >= 0.6 is 11.6 Å². The van der Waals surface area contributed by atoms with E-state index in [1.165, 1.54) is 38.8 Å². The van der Waals surface area contributed by atoms with E-state index < -0.39 is 0 Å². The third-order valence-corrected chi connectivity index (χ3v) is 4.44. The summed E-state index contributed by atoms with van der Waals surface area (Å²) in [7, 11) is 0. The molecule has 1 aromatic rings. The number of aromatic hydroxyl groups is 1. The van der Waals surface area contributed by atoms with Crippen LogP contribution in [0.25, 0.3) is 0 Å². The molecule has 2 heterocycles. The molecule has 0 aliphatic carbocycles. The van der Waals surface area contributed by atoms with Crippen molar-refractivity contribution in [3.63, 3.8) is 0 Å². The molecule has 2 N–H and O–H groups in total. The molecule has 2 aliphatic heterocycles. The van der Waals surface area contributed by atoms with Gasteiger partial charge in [0.1, 0.15) is 5.75 Å². The number of hydrogen-bond acceptors (Lipinski definition) is 3. The second-order valence-corrected chi connectivity index (χ2v) is 5.77. The minimum Gasteiger partial charge on any atom is -0.506 e. The minimum absolute atomic E-state index is 0.146. The Labute approximate surface area is 113 Å². The van der Waals surface area contributed by atoms with Gasteiger partial charge in [0.15, 0.2) is 0 Å². The monoisotopic (exact) mass is 266 g/mol. The predicted molar refractivity (Wildman–Crippen MR) is 74.4 cm³/mol. The van der Waals surface area contributed by atoms with Gasteiger partial charge < -0.3 is 15.3 Å². The number of rotatable bonds is 2. The van der Waals surface area contributed by atoms with Crippen molar-refractivity contribution in [2.24, 2.45) is 0 Å². The van der Waals surface area contributed by atoms with E-state index in [1.54, 1.807) is 12.1 Å². The molecule has 4 heteroatoms. The highest BCUT2D eigenvalue weighted by molar-refractivity contribution is 6.32. The molecule has 98 valence electrons. The summed E-state index contributed by atoms with van der Waals surface area (Å²) in [6, 6.07) is 6.64. The Morgan fingerprint density at radius 3 is 3.00 bits per heavy atom. The number of nitrogens with one attached hydrogen (secondary N) is 1. The Balaban J connectivity index is 1.64. The average Bonchev–Trinajstić information content (AvgIpc) is 2.81. The van der Waals surface area contributed by atoms with Crippen LogP contribution in [0.4, 0.5) is 5.69 Å². The smallest absolute Gasteiger partial charge is 0.134 e. The fraction of sp³-hybridized carbons (Fsp3) is 0.571. The van der Waals surface area contributed by atoms with E-state index in [9.17, 15) is 5.11 Å². The zero-order valence-corrected chi connectivity index (χ0v) is 11.2. The number of piperidine rings is 1. The first kappa shape index (κ1) is 12.1. The number of halogens is 1. The number of phenolic OH excluding ortho intramolecular Hbond substituents is 1. The van der Waals surface area contributed by atoms with Crippen molar-refractivity contribution in [1.82, 2.24) is 4.90 Å². The second kappa shape index (κ2) is 4.98. The summed E-state index contributed by atoms with van der Waals surface area (Å²) in [5.74, 6) is 0.146. The van der Waals surface area contributed by atoms with Crippen molar-refractivity contribution >= 4 is 17.3 Å². The van der Waals surface area contributed by atoms with Crippen LogP contribution in [0.15, 0.2) is 18.2 Å². The Kier molecular flexibility index (Phi) is 3.35. The van der Waals surface area contributed by atoms with Gasteiger partial charge in [-0.15, -0.1) is 0 Å². The lowest BCUT2D eigenvalue weighted by Gasteiger charge is -2.35. The standard InChI is InChI=1S/C14H19ClN2O/c15-13-9-10(3-4-14(13)18)16-11-5-7-17-6-1-2-12(17)8-11/h3-4,9,11-12,16,18H,1-2,5-8H2. The van der Waals surface area contributed by atoms with Crippen molar-refractivity contribution in [3.8, 4) is 5.75 Å². The second-order valence-electron chi connectivity index (χ2n) is 5.36. The highest BCUT2D eigenvalue weighted by Crippen LogP contribution is 2.30.